The summed E-state index contributed by atoms with van der Waals surface area (Å²) in [5, 5.41) is 0. The Balaban J connectivity index is 2.17. The first-order valence-electron chi connectivity index (χ1n) is 4.13. The molecule has 0 aliphatic heterocycles. The maximum Gasteiger partial charge on any atom is 0.169 e. The minimum absolute atomic E-state index is 0.0437. The molecular formula is C9H12BrNO. The Morgan fingerprint density at radius 3 is 2.75 bits per heavy atom. The molecule has 1 fully saturated rings. The molecule has 0 bridgehead atoms. The van der Waals surface area contributed by atoms with Crippen molar-refractivity contribution in [3.8, 4) is 0 Å². The Bertz CT molecular complexity index is 301. The van der Waals surface area contributed by atoms with Crippen LogP contribution in [0.15, 0.2) is 15.2 Å². The Kier molecular flexibility index (Phi) is 1.81. The molecule has 1 saturated carbocycles. The van der Waals surface area contributed by atoms with Gasteiger partial charge >= 0.3 is 0 Å². The lowest BCUT2D eigenvalue weighted by Gasteiger charge is -2.05. The van der Waals surface area contributed by atoms with E-state index in [-0.39, 0.29) is 5.54 Å². The Morgan fingerprint density at radius 1 is 1.67 bits per heavy atom. The lowest BCUT2D eigenvalue weighted by atomic mass is 10.1. The van der Waals surface area contributed by atoms with Crippen molar-refractivity contribution in [2.45, 2.75) is 31.7 Å². The van der Waals surface area contributed by atoms with Crippen LogP contribution < -0.4 is 5.73 Å². The molecular weight excluding hydrogens is 218 g/mol. The molecule has 2 rings (SSSR count). The van der Waals surface area contributed by atoms with Crippen molar-refractivity contribution in [2.75, 3.05) is 0 Å². The summed E-state index contributed by atoms with van der Waals surface area (Å²) in [7, 11) is 0. The molecule has 0 atom stereocenters. The lowest BCUT2D eigenvalue weighted by Crippen LogP contribution is -2.24. The molecule has 0 amide bonds. The van der Waals surface area contributed by atoms with Gasteiger partial charge in [0.2, 0.25) is 0 Å². The summed E-state index contributed by atoms with van der Waals surface area (Å²) < 4.78 is 6.27. The van der Waals surface area contributed by atoms with Crippen molar-refractivity contribution in [1.82, 2.24) is 0 Å². The highest BCUT2D eigenvalue weighted by Crippen LogP contribution is 2.37. The van der Waals surface area contributed by atoms with Crippen LogP contribution in [0.4, 0.5) is 0 Å². The highest BCUT2D eigenvalue weighted by atomic mass is 79.9. The molecule has 1 heterocycles. The molecule has 0 saturated heterocycles. The molecule has 0 unspecified atom stereocenters. The van der Waals surface area contributed by atoms with Gasteiger partial charge in [-0.1, -0.05) is 0 Å². The van der Waals surface area contributed by atoms with Crippen LogP contribution in [-0.4, -0.2) is 5.54 Å². The number of aryl methyl sites for hydroxylation is 1. The lowest BCUT2D eigenvalue weighted by molar-refractivity contribution is 0.460. The van der Waals surface area contributed by atoms with Crippen molar-refractivity contribution < 1.29 is 4.42 Å². The monoisotopic (exact) mass is 229 g/mol. The quantitative estimate of drug-likeness (QED) is 0.847. The summed E-state index contributed by atoms with van der Waals surface area (Å²) in [5.41, 5.74) is 7.22. The third-order valence-corrected chi connectivity index (χ3v) is 2.79. The van der Waals surface area contributed by atoms with Crippen molar-refractivity contribution in [2.24, 2.45) is 5.73 Å². The van der Waals surface area contributed by atoms with E-state index in [2.05, 4.69) is 22.9 Å². The molecule has 1 aromatic rings. The van der Waals surface area contributed by atoms with E-state index in [4.69, 9.17) is 10.2 Å². The van der Waals surface area contributed by atoms with Crippen LogP contribution in [0.1, 0.15) is 24.2 Å². The van der Waals surface area contributed by atoms with Crippen LogP contribution >= 0.6 is 15.9 Å². The van der Waals surface area contributed by atoms with Gasteiger partial charge in [0, 0.05) is 12.0 Å². The van der Waals surface area contributed by atoms with Crippen LogP contribution in [0.25, 0.3) is 0 Å². The number of nitrogens with two attached hydrogens (primary N) is 1. The topological polar surface area (TPSA) is 39.2 Å². The van der Waals surface area contributed by atoms with E-state index in [1.165, 1.54) is 5.56 Å². The number of hydrogen-bond donors (Lipinski definition) is 1. The van der Waals surface area contributed by atoms with E-state index in [1.54, 1.807) is 0 Å². The minimum atomic E-state index is 0.0437. The highest BCUT2D eigenvalue weighted by Gasteiger charge is 2.39. The molecule has 0 aromatic carbocycles. The third kappa shape index (κ3) is 1.57. The highest BCUT2D eigenvalue weighted by molar-refractivity contribution is 9.10. The second kappa shape index (κ2) is 2.60. The van der Waals surface area contributed by atoms with Crippen LogP contribution in [0.2, 0.25) is 0 Å². The largest absolute Gasteiger partial charge is 0.454 e. The van der Waals surface area contributed by atoms with Crippen LogP contribution in [-0.2, 0) is 6.42 Å². The van der Waals surface area contributed by atoms with Gasteiger partial charge in [0.05, 0.1) is 0 Å². The molecule has 2 nitrogen and oxygen atoms in total. The predicted molar refractivity (Wildman–Crippen MR) is 51.0 cm³/mol. The van der Waals surface area contributed by atoms with Gasteiger partial charge < -0.3 is 10.2 Å². The van der Waals surface area contributed by atoms with Gasteiger partial charge in [-0.05, 0) is 47.3 Å². The molecule has 1 aromatic heterocycles. The first kappa shape index (κ1) is 8.32. The van der Waals surface area contributed by atoms with E-state index in [0.717, 1.165) is 29.7 Å². The van der Waals surface area contributed by atoms with Crippen molar-refractivity contribution in [3.63, 3.8) is 0 Å². The van der Waals surface area contributed by atoms with Gasteiger partial charge in [-0.15, -0.1) is 0 Å². The summed E-state index contributed by atoms with van der Waals surface area (Å²) in [6.07, 6.45) is 3.14. The number of halogens is 1. The molecule has 1 aliphatic carbocycles. The summed E-state index contributed by atoms with van der Waals surface area (Å²) in [6, 6.07) is 1.99. The molecule has 66 valence electrons. The normalized spacial score (nSPS) is 19.6. The Labute approximate surface area is 80.3 Å². The molecule has 1 aliphatic rings. The summed E-state index contributed by atoms with van der Waals surface area (Å²) in [4.78, 5) is 0. The van der Waals surface area contributed by atoms with Gasteiger partial charge in [0.15, 0.2) is 4.67 Å². The molecule has 2 N–H and O–H groups in total. The SMILES string of the molecule is Cc1cc(Br)oc1CC1(N)CC1. The van der Waals surface area contributed by atoms with E-state index in [0.29, 0.717) is 0 Å². The summed E-state index contributed by atoms with van der Waals surface area (Å²) >= 11 is 3.30. The van der Waals surface area contributed by atoms with E-state index >= 15 is 0 Å². The van der Waals surface area contributed by atoms with Gasteiger partial charge in [0.1, 0.15) is 5.76 Å². The van der Waals surface area contributed by atoms with Gasteiger partial charge in [0.25, 0.3) is 0 Å². The second-order valence-electron chi connectivity index (χ2n) is 3.70. The van der Waals surface area contributed by atoms with Crippen molar-refractivity contribution in [1.29, 1.82) is 0 Å². The van der Waals surface area contributed by atoms with Crippen LogP contribution in [0.5, 0.6) is 0 Å². The molecule has 12 heavy (non-hydrogen) atoms. The zero-order valence-electron chi connectivity index (χ0n) is 7.06. The standard InChI is InChI=1S/C9H12BrNO/c1-6-4-8(10)12-7(6)5-9(11)2-3-9/h4H,2-3,5,11H2,1H3. The van der Waals surface area contributed by atoms with Gasteiger partial charge in [-0.2, -0.15) is 0 Å². The average Bonchev–Trinajstić information content (AvgIpc) is 2.58. The fourth-order valence-corrected chi connectivity index (χ4v) is 1.85. The van der Waals surface area contributed by atoms with E-state index in [1.807, 2.05) is 6.07 Å². The second-order valence-corrected chi connectivity index (χ2v) is 4.48. The number of furan rings is 1. The number of hydrogen-bond acceptors (Lipinski definition) is 2. The molecule has 0 spiro atoms. The first-order chi connectivity index (χ1) is 5.59. The number of rotatable bonds is 2. The first-order valence-corrected chi connectivity index (χ1v) is 4.92. The zero-order chi connectivity index (χ0) is 8.77. The predicted octanol–water partition coefficient (Wildman–Crippen LogP) is 2.38. The maximum absolute atomic E-state index is 5.98. The summed E-state index contributed by atoms with van der Waals surface area (Å²) in [6.45, 7) is 2.05. The van der Waals surface area contributed by atoms with E-state index < -0.39 is 0 Å². The Morgan fingerprint density at radius 2 is 2.33 bits per heavy atom. The van der Waals surface area contributed by atoms with Gasteiger partial charge in [-0.3, -0.25) is 0 Å². The average molecular weight is 230 g/mol. The van der Waals surface area contributed by atoms with E-state index in [9.17, 15) is 0 Å². The fourth-order valence-electron chi connectivity index (χ4n) is 1.31. The van der Waals surface area contributed by atoms with Crippen molar-refractivity contribution in [3.05, 3.63) is 22.1 Å². The van der Waals surface area contributed by atoms with Crippen LogP contribution in [0, 0.1) is 6.92 Å². The van der Waals surface area contributed by atoms with Crippen LogP contribution in [0.3, 0.4) is 0 Å². The Hall–Kier alpha value is -0.280. The smallest absolute Gasteiger partial charge is 0.169 e. The summed E-state index contributed by atoms with van der Waals surface area (Å²) in [5.74, 6) is 1.03. The van der Waals surface area contributed by atoms with Crippen molar-refractivity contribution >= 4 is 15.9 Å². The minimum Gasteiger partial charge on any atom is -0.454 e. The third-order valence-electron chi connectivity index (χ3n) is 2.40. The molecule has 3 heteroatoms. The maximum atomic E-state index is 5.98. The molecule has 0 radical (unpaired) electrons. The zero-order valence-corrected chi connectivity index (χ0v) is 8.65. The van der Waals surface area contributed by atoms with Gasteiger partial charge in [-0.25, -0.2) is 0 Å². The fraction of sp³-hybridized carbons (Fsp3) is 0.556.